The summed E-state index contributed by atoms with van der Waals surface area (Å²) in [5, 5.41) is 43.3. The number of rotatable bonds is 10. The highest BCUT2D eigenvalue weighted by Crippen LogP contribution is 2.31. The first-order chi connectivity index (χ1) is 18.8. The lowest BCUT2D eigenvalue weighted by Crippen LogP contribution is -2.39. The van der Waals surface area contributed by atoms with E-state index in [-0.39, 0.29) is 11.3 Å². The van der Waals surface area contributed by atoms with Gasteiger partial charge in [-0.15, -0.1) is 11.8 Å². The van der Waals surface area contributed by atoms with Crippen molar-refractivity contribution in [2.24, 2.45) is 5.41 Å². The van der Waals surface area contributed by atoms with Crippen molar-refractivity contribution in [3.05, 3.63) is 58.1 Å². The van der Waals surface area contributed by atoms with Crippen LogP contribution >= 0.6 is 23.4 Å². The number of thioether (sulfide) groups is 1. The summed E-state index contributed by atoms with van der Waals surface area (Å²) in [5.74, 6) is -3.02. The maximum Gasteiger partial charge on any atom is 0.335 e. The fourth-order valence-electron chi connectivity index (χ4n) is 3.66. The molecule has 2 aromatic rings. The number of hydrogen-bond donors (Lipinski definition) is 7. The van der Waals surface area contributed by atoms with Crippen LogP contribution in [0.25, 0.3) is 0 Å². The lowest BCUT2D eigenvalue weighted by Gasteiger charge is -2.18. The van der Waals surface area contributed by atoms with Crippen molar-refractivity contribution >= 4 is 46.9 Å². The van der Waals surface area contributed by atoms with Gasteiger partial charge in [0, 0.05) is 18.0 Å². The maximum absolute atomic E-state index is 12.0. The second-order valence-corrected chi connectivity index (χ2v) is 12.0. The number of amides is 1. The van der Waals surface area contributed by atoms with Crippen molar-refractivity contribution < 1.29 is 34.8 Å². The lowest BCUT2D eigenvalue weighted by molar-refractivity contribution is -0.165. The zero-order chi connectivity index (χ0) is 29.9. The first-order valence-electron chi connectivity index (χ1n) is 12.8. The molecule has 7 N–H and O–H groups in total. The molecular weight excluding hydrogens is 558 g/mol. The molecule has 1 aliphatic heterocycles. The van der Waals surface area contributed by atoms with E-state index in [1.54, 1.807) is 11.8 Å². The molecular formula is C28H38ClN3O7S. The molecule has 0 aliphatic carbocycles. The van der Waals surface area contributed by atoms with Gasteiger partial charge < -0.3 is 36.4 Å². The topological polar surface area (TPSA) is 168 Å². The van der Waals surface area contributed by atoms with Crippen LogP contribution in [0.5, 0.6) is 0 Å². The quantitative estimate of drug-likeness (QED) is 0.203. The summed E-state index contributed by atoms with van der Waals surface area (Å²) in [7, 11) is 0. The number of nitrogens with one attached hydrogen (secondary N) is 3. The monoisotopic (exact) mass is 595 g/mol. The summed E-state index contributed by atoms with van der Waals surface area (Å²) in [4.78, 5) is 32.6. The molecule has 0 saturated heterocycles. The third kappa shape index (κ3) is 11.3. The van der Waals surface area contributed by atoms with Crippen molar-refractivity contribution in [1.29, 1.82) is 0 Å². The summed E-state index contributed by atoms with van der Waals surface area (Å²) in [6.45, 7) is 9.76. The van der Waals surface area contributed by atoms with Gasteiger partial charge in [-0.3, -0.25) is 4.79 Å². The molecule has 0 bridgehead atoms. The lowest BCUT2D eigenvalue weighted by atomic mass is 9.97. The van der Waals surface area contributed by atoms with Crippen LogP contribution in [0.4, 0.5) is 5.69 Å². The Bertz CT molecular complexity index is 1140. The van der Waals surface area contributed by atoms with Crippen molar-refractivity contribution in [3.63, 3.8) is 0 Å². The highest BCUT2D eigenvalue weighted by atomic mass is 35.5. The summed E-state index contributed by atoms with van der Waals surface area (Å²) < 4.78 is 0. The minimum absolute atomic E-state index is 0.0783. The number of fused-ring (bicyclic) bond motifs is 1. The van der Waals surface area contributed by atoms with Crippen LogP contribution in [0.2, 0.25) is 5.02 Å². The van der Waals surface area contributed by atoms with Gasteiger partial charge in [0.2, 0.25) is 5.91 Å². The number of aliphatic hydroxyl groups excluding tert-OH is 2. The molecule has 0 radical (unpaired) electrons. The molecule has 0 aromatic heterocycles. The van der Waals surface area contributed by atoms with E-state index in [1.165, 1.54) is 16.7 Å². The Labute approximate surface area is 243 Å². The van der Waals surface area contributed by atoms with E-state index in [0.29, 0.717) is 12.3 Å². The van der Waals surface area contributed by atoms with E-state index in [4.69, 9.17) is 32.0 Å². The minimum Gasteiger partial charge on any atom is -0.479 e. The predicted molar refractivity (Wildman–Crippen MR) is 156 cm³/mol. The Hall–Kier alpha value is -2.83. The number of carboxylic acid groups (broad SMARTS) is 2. The van der Waals surface area contributed by atoms with Gasteiger partial charge in [-0.25, -0.2) is 9.59 Å². The van der Waals surface area contributed by atoms with Crippen LogP contribution in [0.15, 0.2) is 41.3 Å². The molecule has 0 saturated carbocycles. The average molecular weight is 596 g/mol. The largest absolute Gasteiger partial charge is 0.479 e. The summed E-state index contributed by atoms with van der Waals surface area (Å²) in [6.07, 6.45) is -2.50. The van der Waals surface area contributed by atoms with Crippen molar-refractivity contribution in [2.45, 2.75) is 57.3 Å². The zero-order valence-corrected chi connectivity index (χ0v) is 24.4. The minimum atomic E-state index is -2.27. The smallest absolute Gasteiger partial charge is 0.335 e. The van der Waals surface area contributed by atoms with Gasteiger partial charge >= 0.3 is 11.9 Å². The Balaban J connectivity index is 0.000000478. The van der Waals surface area contributed by atoms with Crippen molar-refractivity contribution in [3.8, 4) is 0 Å². The zero-order valence-electron chi connectivity index (χ0n) is 22.9. The molecule has 2 unspecified atom stereocenters. The summed E-state index contributed by atoms with van der Waals surface area (Å²) in [5.41, 5.74) is 5.07. The fraction of sp³-hybridized carbons (Fsp3) is 0.464. The molecule has 3 rings (SSSR count). The second-order valence-electron chi connectivity index (χ2n) is 10.5. The second kappa shape index (κ2) is 15.8. The molecule has 1 aliphatic rings. The van der Waals surface area contributed by atoms with Crippen LogP contribution in [-0.4, -0.2) is 75.9 Å². The predicted octanol–water partition coefficient (Wildman–Crippen LogP) is 2.77. The van der Waals surface area contributed by atoms with Gasteiger partial charge in [-0.05, 0) is 66.2 Å². The van der Waals surface area contributed by atoms with Gasteiger partial charge in [-0.1, -0.05) is 50.6 Å². The van der Waals surface area contributed by atoms with Gasteiger partial charge in [-0.2, -0.15) is 0 Å². The van der Waals surface area contributed by atoms with Gasteiger partial charge in [0.25, 0.3) is 0 Å². The molecule has 12 heteroatoms. The molecule has 40 heavy (non-hydrogen) atoms. The van der Waals surface area contributed by atoms with E-state index in [2.05, 4.69) is 67.1 Å². The van der Waals surface area contributed by atoms with E-state index in [0.717, 1.165) is 48.1 Å². The van der Waals surface area contributed by atoms with Crippen LogP contribution in [0.1, 0.15) is 37.5 Å². The number of aliphatic hydroxyl groups is 2. The third-order valence-electron chi connectivity index (χ3n) is 5.87. The van der Waals surface area contributed by atoms with Gasteiger partial charge in [0.15, 0.2) is 12.2 Å². The molecule has 0 fully saturated rings. The number of benzene rings is 2. The van der Waals surface area contributed by atoms with E-state index in [9.17, 15) is 14.4 Å². The number of aliphatic carboxylic acids is 2. The molecule has 10 nitrogen and oxygen atoms in total. The molecule has 2 atom stereocenters. The Morgan fingerprint density at radius 1 is 0.975 bits per heavy atom. The first-order valence-corrected chi connectivity index (χ1v) is 14.2. The third-order valence-corrected chi connectivity index (χ3v) is 7.19. The van der Waals surface area contributed by atoms with Crippen LogP contribution in [0, 0.1) is 5.41 Å². The molecule has 2 aromatic carbocycles. The van der Waals surface area contributed by atoms with Crippen molar-refractivity contribution in [2.75, 3.05) is 30.7 Å². The maximum atomic E-state index is 12.0. The Kier molecular flexibility index (Phi) is 13.2. The van der Waals surface area contributed by atoms with E-state index >= 15 is 0 Å². The first kappa shape index (κ1) is 33.4. The highest BCUT2D eigenvalue weighted by Gasteiger charge is 2.29. The van der Waals surface area contributed by atoms with Gasteiger partial charge in [0.05, 0.1) is 16.5 Å². The Morgan fingerprint density at radius 2 is 1.57 bits per heavy atom. The molecule has 220 valence electrons. The average Bonchev–Trinajstić information content (AvgIpc) is 3.15. The van der Waals surface area contributed by atoms with Crippen molar-refractivity contribution in [1.82, 2.24) is 10.6 Å². The molecule has 1 amide bonds. The number of halogens is 1. The fourth-order valence-corrected chi connectivity index (χ4v) is 4.63. The number of anilines is 1. The highest BCUT2D eigenvalue weighted by molar-refractivity contribution is 8.00. The number of carbonyl (C=O) groups excluding carboxylic acids is 1. The number of carbonyl (C=O) groups is 3. The molecule has 1 heterocycles. The van der Waals surface area contributed by atoms with Crippen LogP contribution in [-0.2, 0) is 33.8 Å². The van der Waals surface area contributed by atoms with Crippen LogP contribution in [0.3, 0.4) is 0 Å². The normalized spacial score (nSPS) is 14.4. The summed E-state index contributed by atoms with van der Waals surface area (Å²) in [6, 6.07) is 12.5. The van der Waals surface area contributed by atoms with Gasteiger partial charge in [0.1, 0.15) is 0 Å². The molecule has 0 spiro atoms. The Morgan fingerprint density at radius 3 is 2.15 bits per heavy atom. The number of hydrogen-bond acceptors (Lipinski definition) is 8. The standard InChI is InChI=1S/C24H32ClN3OS.C4H6O6/c1-24(2,3)16-28-22(29)15-30-19-7-4-17(5-8-19)14-27-23-20-11-13-26-12-10-18(20)6-9-21(23)25;5-1(3(7)8)2(6)4(9)10/h4-9,26-27H,10-16H2,1-3H3,(H,28,29);1-2,5-6H,(H,7,8)(H,9,10). The SMILES string of the molecule is CC(C)(C)CNC(=O)CSc1ccc(CNc2c(Cl)ccc3c2CCNCC3)cc1.O=C(O)C(O)C(O)C(=O)O. The van der Waals surface area contributed by atoms with Crippen LogP contribution < -0.4 is 16.0 Å². The number of carboxylic acids is 2. The van der Waals surface area contributed by atoms with E-state index < -0.39 is 24.1 Å². The van der Waals surface area contributed by atoms with E-state index in [1.807, 2.05) is 6.07 Å². The summed E-state index contributed by atoms with van der Waals surface area (Å²) >= 11 is 8.07.